The Morgan fingerprint density at radius 2 is 1.71 bits per heavy atom. The molecule has 0 saturated carbocycles. The van der Waals surface area contributed by atoms with Gasteiger partial charge in [-0.2, -0.15) is 0 Å². The zero-order chi connectivity index (χ0) is 28.3. The molecular formula is C30H41N3O5. The molecule has 206 valence electrons. The second-order valence-corrected chi connectivity index (χ2v) is 10.3. The maximum atomic E-state index is 14.1. The highest BCUT2D eigenvalue weighted by atomic mass is 16.6. The lowest BCUT2D eigenvalue weighted by molar-refractivity contribution is -0.141. The van der Waals surface area contributed by atoms with Crippen molar-refractivity contribution in [3.05, 3.63) is 77.9 Å². The van der Waals surface area contributed by atoms with Gasteiger partial charge in [-0.3, -0.25) is 9.59 Å². The monoisotopic (exact) mass is 523 g/mol. The van der Waals surface area contributed by atoms with Gasteiger partial charge in [-0.1, -0.05) is 61.4 Å². The van der Waals surface area contributed by atoms with Crippen molar-refractivity contribution >= 4 is 17.9 Å². The molecule has 2 atom stereocenters. The SMILES string of the molecule is C=CCN(C(=O)C(Cc1ccc(O)cc1)NC(=O)OC(C)(C)C)C(C(=O)NCCCC)c1ccc(C)cc1. The summed E-state index contributed by atoms with van der Waals surface area (Å²) in [5.74, 6) is -0.675. The summed E-state index contributed by atoms with van der Waals surface area (Å²) in [6.45, 7) is 13.6. The first-order valence-corrected chi connectivity index (χ1v) is 13.0. The highest BCUT2D eigenvalue weighted by Gasteiger charge is 2.35. The summed E-state index contributed by atoms with van der Waals surface area (Å²) in [6.07, 6.45) is 2.67. The number of nitrogens with zero attached hydrogens (tertiary/aromatic N) is 1. The smallest absolute Gasteiger partial charge is 0.408 e. The molecule has 2 rings (SSSR count). The molecular weight excluding hydrogens is 482 g/mol. The molecule has 0 aliphatic carbocycles. The molecule has 0 aliphatic rings. The number of carbonyl (C=O) groups excluding carboxylic acids is 3. The molecule has 8 nitrogen and oxygen atoms in total. The first kappa shape index (κ1) is 30.4. The van der Waals surface area contributed by atoms with Crippen molar-refractivity contribution in [2.75, 3.05) is 13.1 Å². The van der Waals surface area contributed by atoms with E-state index in [-0.39, 0.29) is 24.6 Å². The van der Waals surface area contributed by atoms with Crippen LogP contribution in [0.2, 0.25) is 0 Å². The fourth-order valence-electron chi connectivity index (χ4n) is 3.89. The van der Waals surface area contributed by atoms with Crippen LogP contribution in [-0.4, -0.2) is 52.6 Å². The van der Waals surface area contributed by atoms with Crippen LogP contribution in [0.5, 0.6) is 5.75 Å². The van der Waals surface area contributed by atoms with E-state index >= 15 is 0 Å². The second-order valence-electron chi connectivity index (χ2n) is 10.3. The van der Waals surface area contributed by atoms with Crippen molar-refractivity contribution in [3.8, 4) is 5.75 Å². The number of unbranched alkanes of at least 4 members (excludes halogenated alkanes) is 1. The average molecular weight is 524 g/mol. The molecule has 0 fully saturated rings. The van der Waals surface area contributed by atoms with Crippen LogP contribution in [0, 0.1) is 6.92 Å². The number of phenolic OH excluding ortho intramolecular Hbond substituents is 1. The van der Waals surface area contributed by atoms with E-state index in [0.29, 0.717) is 12.1 Å². The standard InChI is InChI=1S/C30H41N3O5/c1-7-9-18-31-27(35)26(23-14-10-21(3)11-15-23)33(19-8-2)28(36)25(32-29(37)38-30(4,5)6)20-22-12-16-24(34)17-13-22/h8,10-17,25-26,34H,2,7,9,18-20H2,1,3-6H3,(H,31,35)(H,32,37). The van der Waals surface area contributed by atoms with E-state index in [2.05, 4.69) is 17.2 Å². The summed E-state index contributed by atoms with van der Waals surface area (Å²) in [5, 5.41) is 15.3. The number of aryl methyl sites for hydroxylation is 1. The van der Waals surface area contributed by atoms with Crippen LogP contribution < -0.4 is 10.6 Å². The Bertz CT molecular complexity index is 1070. The van der Waals surface area contributed by atoms with Gasteiger partial charge in [0.1, 0.15) is 23.4 Å². The number of hydrogen-bond acceptors (Lipinski definition) is 5. The minimum Gasteiger partial charge on any atom is -0.508 e. The van der Waals surface area contributed by atoms with E-state index in [0.717, 1.165) is 24.0 Å². The number of benzene rings is 2. The molecule has 0 heterocycles. The van der Waals surface area contributed by atoms with Gasteiger partial charge in [0.25, 0.3) is 0 Å². The Morgan fingerprint density at radius 1 is 1.08 bits per heavy atom. The van der Waals surface area contributed by atoms with Gasteiger partial charge in [-0.25, -0.2) is 4.79 Å². The lowest BCUT2D eigenvalue weighted by atomic mass is 9.99. The van der Waals surface area contributed by atoms with Gasteiger partial charge in [0.15, 0.2) is 0 Å². The van der Waals surface area contributed by atoms with Gasteiger partial charge >= 0.3 is 6.09 Å². The van der Waals surface area contributed by atoms with Gasteiger partial charge < -0.3 is 25.4 Å². The van der Waals surface area contributed by atoms with Crippen LogP contribution >= 0.6 is 0 Å². The number of alkyl carbamates (subject to hydrolysis) is 1. The van der Waals surface area contributed by atoms with E-state index in [1.54, 1.807) is 39.0 Å². The molecule has 0 radical (unpaired) electrons. The van der Waals surface area contributed by atoms with Gasteiger partial charge in [0.2, 0.25) is 11.8 Å². The second kappa shape index (κ2) is 14.2. The Balaban J connectivity index is 2.48. The third-order valence-electron chi connectivity index (χ3n) is 5.76. The molecule has 0 saturated heterocycles. The third-order valence-corrected chi connectivity index (χ3v) is 5.76. The first-order valence-electron chi connectivity index (χ1n) is 13.0. The summed E-state index contributed by atoms with van der Waals surface area (Å²) in [6, 6.07) is 11.9. The molecule has 0 spiro atoms. The molecule has 0 bridgehead atoms. The van der Waals surface area contributed by atoms with E-state index in [1.807, 2.05) is 38.1 Å². The van der Waals surface area contributed by atoms with Crippen molar-refractivity contribution in [2.45, 2.75) is 71.6 Å². The predicted molar refractivity (Wildman–Crippen MR) is 149 cm³/mol. The van der Waals surface area contributed by atoms with Crippen molar-refractivity contribution in [1.82, 2.24) is 15.5 Å². The number of phenols is 1. The maximum absolute atomic E-state index is 14.1. The number of amides is 3. The van der Waals surface area contributed by atoms with Gasteiger partial charge in [-0.15, -0.1) is 6.58 Å². The van der Waals surface area contributed by atoms with Crippen molar-refractivity contribution in [3.63, 3.8) is 0 Å². The molecule has 3 N–H and O–H groups in total. The van der Waals surface area contributed by atoms with Crippen molar-refractivity contribution in [1.29, 1.82) is 0 Å². The lowest BCUT2D eigenvalue weighted by Crippen LogP contribution is -2.54. The summed E-state index contributed by atoms with van der Waals surface area (Å²) >= 11 is 0. The van der Waals surface area contributed by atoms with Gasteiger partial charge in [0.05, 0.1) is 0 Å². The maximum Gasteiger partial charge on any atom is 0.408 e. The number of hydrogen-bond donors (Lipinski definition) is 3. The van der Waals surface area contributed by atoms with Gasteiger partial charge in [0, 0.05) is 19.5 Å². The highest BCUT2D eigenvalue weighted by Crippen LogP contribution is 2.24. The van der Waals surface area contributed by atoms with E-state index in [1.165, 1.54) is 17.0 Å². The number of aromatic hydroxyl groups is 1. The summed E-state index contributed by atoms with van der Waals surface area (Å²) in [7, 11) is 0. The number of rotatable bonds is 12. The van der Waals surface area contributed by atoms with Crippen LogP contribution in [0.15, 0.2) is 61.2 Å². The van der Waals surface area contributed by atoms with E-state index < -0.39 is 29.7 Å². The van der Waals surface area contributed by atoms with Crippen LogP contribution in [0.3, 0.4) is 0 Å². The van der Waals surface area contributed by atoms with Crippen LogP contribution in [0.1, 0.15) is 63.3 Å². The number of carbonyl (C=O) groups is 3. The molecule has 38 heavy (non-hydrogen) atoms. The average Bonchev–Trinajstić information content (AvgIpc) is 2.84. The van der Waals surface area contributed by atoms with Crippen LogP contribution in [-0.2, 0) is 20.7 Å². The zero-order valence-electron chi connectivity index (χ0n) is 23.1. The fraction of sp³-hybridized carbons (Fsp3) is 0.433. The van der Waals surface area contributed by atoms with E-state index in [9.17, 15) is 19.5 Å². The Labute approximate surface area is 226 Å². The van der Waals surface area contributed by atoms with Crippen molar-refractivity contribution in [2.24, 2.45) is 0 Å². The van der Waals surface area contributed by atoms with E-state index in [4.69, 9.17) is 4.74 Å². The normalized spacial score (nSPS) is 12.7. The van der Waals surface area contributed by atoms with Crippen molar-refractivity contribution < 1.29 is 24.2 Å². The first-order chi connectivity index (χ1) is 17.9. The number of ether oxygens (including phenoxy) is 1. The van der Waals surface area contributed by atoms with Crippen LogP contribution in [0.25, 0.3) is 0 Å². The summed E-state index contributed by atoms with van der Waals surface area (Å²) in [4.78, 5) is 41.7. The largest absolute Gasteiger partial charge is 0.508 e. The minimum atomic E-state index is -1.04. The Kier molecular flexibility index (Phi) is 11.4. The quantitative estimate of drug-likeness (QED) is 0.273. The Morgan fingerprint density at radius 3 is 2.26 bits per heavy atom. The van der Waals surface area contributed by atoms with Gasteiger partial charge in [-0.05, 0) is 57.4 Å². The zero-order valence-corrected chi connectivity index (χ0v) is 23.1. The summed E-state index contributed by atoms with van der Waals surface area (Å²) < 4.78 is 5.43. The highest BCUT2D eigenvalue weighted by molar-refractivity contribution is 5.92. The lowest BCUT2D eigenvalue weighted by Gasteiger charge is -2.34. The summed E-state index contributed by atoms with van der Waals surface area (Å²) in [5.41, 5.74) is 1.63. The molecule has 2 unspecified atom stereocenters. The topological polar surface area (TPSA) is 108 Å². The van der Waals surface area contributed by atoms with Crippen LogP contribution in [0.4, 0.5) is 4.79 Å². The minimum absolute atomic E-state index is 0.0840. The third kappa shape index (κ3) is 9.57. The molecule has 2 aromatic carbocycles. The molecule has 3 amide bonds. The predicted octanol–water partition coefficient (Wildman–Crippen LogP) is 4.81. The molecule has 2 aromatic rings. The molecule has 0 aliphatic heterocycles. The number of nitrogens with one attached hydrogen (secondary N) is 2. The fourth-order valence-corrected chi connectivity index (χ4v) is 3.89. The molecule has 8 heteroatoms. The Hall–Kier alpha value is -3.81. The molecule has 0 aromatic heterocycles.